The van der Waals surface area contributed by atoms with Crippen molar-refractivity contribution in [1.29, 1.82) is 0 Å². The van der Waals surface area contributed by atoms with Crippen LogP contribution in [-0.2, 0) is 9.59 Å². The molecule has 88 valence electrons. The number of fused-ring (bicyclic) bond motifs is 1. The van der Waals surface area contributed by atoms with Gasteiger partial charge in [-0.05, 0) is 19.8 Å². The summed E-state index contributed by atoms with van der Waals surface area (Å²) in [5.74, 6) is -1.02. The van der Waals surface area contributed by atoms with Gasteiger partial charge in [-0.1, -0.05) is 0 Å². The number of amides is 2. The Morgan fingerprint density at radius 2 is 2.38 bits per heavy atom. The monoisotopic (exact) mass is 225 g/mol. The number of carbonyl (C=O) groups excluding carboxylic acids is 2. The summed E-state index contributed by atoms with van der Waals surface area (Å²) in [6.07, 6.45) is 2.75. The van der Waals surface area contributed by atoms with Crippen LogP contribution < -0.4 is 5.48 Å². The topological polar surface area (TPSA) is 82.0 Å². The maximum absolute atomic E-state index is 12.0. The SMILES string of the molecule is CC1CCCC2=NCC(C(=O)NO)C(=O)N21. The molecule has 2 atom stereocenters. The molecule has 2 N–H and O–H groups in total. The van der Waals surface area contributed by atoms with Gasteiger partial charge in [0.1, 0.15) is 11.8 Å². The average molecular weight is 225 g/mol. The van der Waals surface area contributed by atoms with Gasteiger partial charge in [0.25, 0.3) is 5.91 Å². The predicted molar refractivity (Wildman–Crippen MR) is 55.9 cm³/mol. The first kappa shape index (κ1) is 11.1. The van der Waals surface area contributed by atoms with Crippen LogP contribution in [0.2, 0.25) is 0 Å². The van der Waals surface area contributed by atoms with Crippen molar-refractivity contribution < 1.29 is 14.8 Å². The lowest BCUT2D eigenvalue weighted by Crippen LogP contribution is -2.55. The average Bonchev–Trinajstić information content (AvgIpc) is 2.28. The Kier molecular flexibility index (Phi) is 2.91. The maximum atomic E-state index is 12.0. The number of hydroxylamine groups is 1. The minimum Gasteiger partial charge on any atom is -0.297 e. The van der Waals surface area contributed by atoms with E-state index in [1.54, 1.807) is 4.90 Å². The third kappa shape index (κ3) is 1.69. The Bertz CT molecular complexity index is 353. The van der Waals surface area contributed by atoms with E-state index in [-0.39, 0.29) is 18.5 Å². The Balaban J connectivity index is 2.24. The van der Waals surface area contributed by atoms with E-state index >= 15 is 0 Å². The van der Waals surface area contributed by atoms with Crippen molar-refractivity contribution in [3.8, 4) is 0 Å². The summed E-state index contributed by atoms with van der Waals surface area (Å²) in [5.41, 5.74) is 1.52. The third-order valence-corrected chi connectivity index (χ3v) is 3.16. The quantitative estimate of drug-likeness (QED) is 0.372. The van der Waals surface area contributed by atoms with E-state index < -0.39 is 11.8 Å². The molecule has 2 rings (SSSR count). The molecule has 1 fully saturated rings. The van der Waals surface area contributed by atoms with Crippen molar-refractivity contribution in [2.24, 2.45) is 10.9 Å². The molecule has 2 aliphatic rings. The predicted octanol–water partition coefficient (Wildman–Crippen LogP) is -0.0789. The summed E-state index contributed by atoms with van der Waals surface area (Å²) in [6, 6.07) is 0.0919. The highest BCUT2D eigenvalue weighted by Gasteiger charge is 2.39. The molecule has 16 heavy (non-hydrogen) atoms. The van der Waals surface area contributed by atoms with Crippen LogP contribution >= 0.6 is 0 Å². The molecule has 0 aliphatic carbocycles. The number of carbonyl (C=O) groups is 2. The van der Waals surface area contributed by atoms with Gasteiger partial charge < -0.3 is 0 Å². The van der Waals surface area contributed by atoms with E-state index in [0.717, 1.165) is 25.1 Å². The van der Waals surface area contributed by atoms with Gasteiger partial charge in [0.15, 0.2) is 0 Å². The second-order valence-electron chi connectivity index (χ2n) is 4.24. The van der Waals surface area contributed by atoms with Crippen molar-refractivity contribution in [1.82, 2.24) is 10.4 Å². The zero-order chi connectivity index (χ0) is 11.7. The number of hydrogen-bond acceptors (Lipinski definition) is 4. The summed E-state index contributed by atoms with van der Waals surface area (Å²) in [7, 11) is 0. The highest BCUT2D eigenvalue weighted by molar-refractivity contribution is 6.09. The molecule has 0 aromatic carbocycles. The van der Waals surface area contributed by atoms with Crippen molar-refractivity contribution in [2.75, 3.05) is 6.54 Å². The number of nitrogens with zero attached hydrogens (tertiary/aromatic N) is 2. The van der Waals surface area contributed by atoms with E-state index in [1.165, 1.54) is 5.48 Å². The molecule has 0 bridgehead atoms. The van der Waals surface area contributed by atoms with Crippen LogP contribution in [0, 0.1) is 5.92 Å². The lowest BCUT2D eigenvalue weighted by molar-refractivity contribution is -0.145. The number of rotatable bonds is 1. The van der Waals surface area contributed by atoms with Crippen LogP contribution in [0.4, 0.5) is 0 Å². The summed E-state index contributed by atoms with van der Waals surface area (Å²) in [6.45, 7) is 2.09. The molecule has 6 heteroatoms. The molecule has 2 heterocycles. The van der Waals surface area contributed by atoms with Crippen molar-refractivity contribution in [3.05, 3.63) is 0 Å². The molecule has 6 nitrogen and oxygen atoms in total. The second-order valence-corrected chi connectivity index (χ2v) is 4.24. The number of nitrogens with one attached hydrogen (secondary N) is 1. The maximum Gasteiger partial charge on any atom is 0.257 e. The zero-order valence-corrected chi connectivity index (χ0v) is 9.14. The molecule has 0 spiro atoms. The fraction of sp³-hybridized carbons (Fsp3) is 0.700. The van der Waals surface area contributed by atoms with Crippen molar-refractivity contribution in [2.45, 2.75) is 32.2 Å². The Hall–Kier alpha value is -1.43. The zero-order valence-electron chi connectivity index (χ0n) is 9.14. The molecule has 0 aromatic rings. The van der Waals surface area contributed by atoms with Gasteiger partial charge in [-0.15, -0.1) is 0 Å². The van der Waals surface area contributed by atoms with Gasteiger partial charge in [0.2, 0.25) is 5.91 Å². The fourth-order valence-corrected chi connectivity index (χ4v) is 2.27. The summed E-state index contributed by atoms with van der Waals surface area (Å²) >= 11 is 0. The van der Waals surface area contributed by atoms with Crippen molar-refractivity contribution in [3.63, 3.8) is 0 Å². The van der Waals surface area contributed by atoms with Gasteiger partial charge in [-0.25, -0.2) is 5.48 Å². The Morgan fingerprint density at radius 1 is 1.62 bits per heavy atom. The van der Waals surface area contributed by atoms with Gasteiger partial charge >= 0.3 is 0 Å². The van der Waals surface area contributed by atoms with E-state index in [2.05, 4.69) is 4.99 Å². The van der Waals surface area contributed by atoms with Crippen LogP contribution in [0.3, 0.4) is 0 Å². The molecule has 2 aliphatic heterocycles. The normalized spacial score (nSPS) is 29.5. The molecule has 2 amide bonds. The second kappa shape index (κ2) is 4.21. The van der Waals surface area contributed by atoms with E-state index in [0.29, 0.717) is 0 Å². The molecule has 1 saturated heterocycles. The van der Waals surface area contributed by atoms with Crippen molar-refractivity contribution >= 4 is 17.6 Å². The third-order valence-electron chi connectivity index (χ3n) is 3.16. The van der Waals surface area contributed by atoms with Crippen LogP contribution in [0.25, 0.3) is 0 Å². The molecule has 0 saturated carbocycles. The summed E-state index contributed by atoms with van der Waals surface area (Å²) in [5, 5.41) is 8.55. The van der Waals surface area contributed by atoms with Gasteiger partial charge in [0, 0.05) is 12.5 Å². The lowest BCUT2D eigenvalue weighted by Gasteiger charge is -2.38. The molecular formula is C10H15N3O3. The summed E-state index contributed by atoms with van der Waals surface area (Å²) in [4.78, 5) is 29.2. The van der Waals surface area contributed by atoms with Gasteiger partial charge in [0.05, 0.1) is 6.54 Å². The molecular weight excluding hydrogens is 210 g/mol. The Morgan fingerprint density at radius 3 is 3.06 bits per heavy atom. The van der Waals surface area contributed by atoms with Gasteiger partial charge in [-0.2, -0.15) is 0 Å². The first-order valence-corrected chi connectivity index (χ1v) is 5.45. The van der Waals surface area contributed by atoms with Crippen LogP contribution in [0.5, 0.6) is 0 Å². The number of aliphatic imine (C=N–C) groups is 1. The minimum atomic E-state index is -0.880. The number of piperidine rings is 1. The molecule has 2 unspecified atom stereocenters. The van der Waals surface area contributed by atoms with E-state index in [1.807, 2.05) is 6.92 Å². The van der Waals surface area contributed by atoms with E-state index in [4.69, 9.17) is 5.21 Å². The summed E-state index contributed by atoms with van der Waals surface area (Å²) < 4.78 is 0. The highest BCUT2D eigenvalue weighted by Crippen LogP contribution is 2.24. The largest absolute Gasteiger partial charge is 0.297 e. The van der Waals surface area contributed by atoms with Crippen LogP contribution in [0.1, 0.15) is 26.2 Å². The van der Waals surface area contributed by atoms with E-state index in [9.17, 15) is 9.59 Å². The minimum absolute atomic E-state index is 0.0919. The first-order valence-electron chi connectivity index (χ1n) is 5.45. The van der Waals surface area contributed by atoms with Crippen LogP contribution in [-0.4, -0.2) is 40.3 Å². The number of hydrogen-bond donors (Lipinski definition) is 2. The first-order chi connectivity index (χ1) is 7.65. The highest BCUT2D eigenvalue weighted by atomic mass is 16.5. The number of amidine groups is 1. The van der Waals surface area contributed by atoms with Gasteiger partial charge in [-0.3, -0.25) is 24.7 Å². The Labute approximate surface area is 93.3 Å². The molecule has 0 radical (unpaired) electrons. The van der Waals surface area contributed by atoms with Crippen LogP contribution in [0.15, 0.2) is 4.99 Å². The smallest absolute Gasteiger partial charge is 0.257 e. The fourth-order valence-electron chi connectivity index (χ4n) is 2.27. The molecule has 0 aromatic heterocycles. The standard InChI is InChI=1S/C10H15N3O3/c1-6-3-2-4-8-11-5-7(9(14)12-16)10(15)13(6)8/h6-7,16H,2-5H2,1H3,(H,12,14). The lowest BCUT2D eigenvalue weighted by atomic mass is 9.96.